The van der Waals surface area contributed by atoms with E-state index < -0.39 is 9.84 Å². The normalized spacial score (nSPS) is 17.0. The van der Waals surface area contributed by atoms with Crippen molar-refractivity contribution >= 4 is 9.84 Å². The average Bonchev–Trinajstić information content (AvgIpc) is 1.99. The summed E-state index contributed by atoms with van der Waals surface area (Å²) >= 11 is 0. The van der Waals surface area contributed by atoms with Gasteiger partial charge in [-0.3, -0.25) is 0 Å². The highest BCUT2D eigenvalue weighted by Crippen LogP contribution is 2.13. The topological polar surface area (TPSA) is 54.4 Å². The fourth-order valence-corrected chi connectivity index (χ4v) is 2.50. The van der Waals surface area contributed by atoms with Gasteiger partial charge in [0.05, 0.1) is 17.1 Å². The largest absolute Gasteiger partial charge is 0.393 e. The van der Waals surface area contributed by atoms with Crippen molar-refractivity contribution in [1.82, 2.24) is 0 Å². The summed E-state index contributed by atoms with van der Waals surface area (Å²) in [4.78, 5) is 0. The molecule has 0 saturated heterocycles. The zero-order valence-electron chi connectivity index (χ0n) is 9.53. The van der Waals surface area contributed by atoms with Crippen molar-refractivity contribution < 1.29 is 13.5 Å². The van der Waals surface area contributed by atoms with Crippen LogP contribution in [0.1, 0.15) is 40.5 Å². The first-order chi connectivity index (χ1) is 6.25. The molecule has 0 fully saturated rings. The third-order valence-corrected chi connectivity index (χ3v) is 4.60. The molecule has 3 nitrogen and oxygen atoms in total. The highest BCUT2D eigenvalue weighted by Gasteiger charge is 2.17. The van der Waals surface area contributed by atoms with Crippen LogP contribution in [-0.4, -0.2) is 30.6 Å². The fourth-order valence-electron chi connectivity index (χ4n) is 1.30. The van der Waals surface area contributed by atoms with E-state index in [4.69, 9.17) is 5.11 Å². The number of hydrogen-bond acceptors (Lipinski definition) is 3. The molecule has 2 unspecified atom stereocenters. The van der Waals surface area contributed by atoms with Gasteiger partial charge in [-0.25, -0.2) is 8.42 Å². The molecule has 0 heterocycles. The molecule has 0 aromatic carbocycles. The summed E-state index contributed by atoms with van der Waals surface area (Å²) in [7, 11) is -2.91. The second kappa shape index (κ2) is 5.71. The van der Waals surface area contributed by atoms with Crippen LogP contribution in [0.25, 0.3) is 0 Å². The van der Waals surface area contributed by atoms with Gasteiger partial charge in [0.25, 0.3) is 0 Å². The minimum absolute atomic E-state index is 0.235. The lowest BCUT2D eigenvalue weighted by atomic mass is 10.0. The van der Waals surface area contributed by atoms with Gasteiger partial charge in [-0.05, 0) is 39.5 Å². The Morgan fingerprint density at radius 1 is 1.14 bits per heavy atom. The Kier molecular flexibility index (Phi) is 5.67. The van der Waals surface area contributed by atoms with Gasteiger partial charge in [-0.15, -0.1) is 0 Å². The Balaban J connectivity index is 3.95. The first-order valence-corrected chi connectivity index (χ1v) is 6.87. The fraction of sp³-hybridized carbons (Fsp3) is 1.00. The minimum atomic E-state index is -2.91. The predicted molar refractivity (Wildman–Crippen MR) is 59.0 cm³/mol. The molecule has 0 aliphatic carbocycles. The zero-order chi connectivity index (χ0) is 11.4. The van der Waals surface area contributed by atoms with Gasteiger partial charge in [0.2, 0.25) is 0 Å². The van der Waals surface area contributed by atoms with E-state index in [0.717, 1.165) is 0 Å². The van der Waals surface area contributed by atoms with Gasteiger partial charge < -0.3 is 5.11 Å². The SMILES string of the molecule is CC(O)CC(C)CCS(=O)(=O)C(C)C. The lowest BCUT2D eigenvalue weighted by Gasteiger charge is -2.14. The van der Waals surface area contributed by atoms with Crippen LogP contribution < -0.4 is 0 Å². The Morgan fingerprint density at radius 3 is 2.00 bits per heavy atom. The summed E-state index contributed by atoms with van der Waals surface area (Å²) in [5.41, 5.74) is 0. The van der Waals surface area contributed by atoms with Gasteiger partial charge in [0, 0.05) is 0 Å². The predicted octanol–water partition coefficient (Wildman–Crippen LogP) is 1.61. The van der Waals surface area contributed by atoms with Crippen molar-refractivity contribution in [1.29, 1.82) is 0 Å². The summed E-state index contributed by atoms with van der Waals surface area (Å²) in [5.74, 6) is 0.502. The zero-order valence-corrected chi connectivity index (χ0v) is 10.3. The molecular formula is C10H22O3S. The molecule has 0 aromatic heterocycles. The third-order valence-electron chi connectivity index (χ3n) is 2.36. The molecule has 0 aliphatic rings. The first kappa shape index (κ1) is 13.9. The van der Waals surface area contributed by atoms with Crippen molar-refractivity contribution in [3.63, 3.8) is 0 Å². The molecular weight excluding hydrogens is 200 g/mol. The summed E-state index contributed by atoms with van der Waals surface area (Å²) in [6, 6.07) is 0. The molecule has 14 heavy (non-hydrogen) atoms. The Morgan fingerprint density at radius 2 is 1.64 bits per heavy atom. The van der Waals surface area contributed by atoms with Gasteiger partial charge in [0.1, 0.15) is 0 Å². The van der Waals surface area contributed by atoms with Gasteiger partial charge in [-0.2, -0.15) is 0 Å². The maximum atomic E-state index is 11.5. The van der Waals surface area contributed by atoms with Crippen LogP contribution in [0.4, 0.5) is 0 Å². The van der Waals surface area contributed by atoms with E-state index in [9.17, 15) is 8.42 Å². The van der Waals surface area contributed by atoms with E-state index in [0.29, 0.717) is 12.8 Å². The quantitative estimate of drug-likeness (QED) is 0.743. The van der Waals surface area contributed by atoms with E-state index >= 15 is 0 Å². The smallest absolute Gasteiger partial charge is 0.152 e. The molecule has 0 spiro atoms. The molecule has 0 aromatic rings. The Bertz CT molecular complexity index is 242. The van der Waals surface area contributed by atoms with Crippen molar-refractivity contribution in [3.05, 3.63) is 0 Å². The van der Waals surface area contributed by atoms with Crippen LogP contribution >= 0.6 is 0 Å². The van der Waals surface area contributed by atoms with Crippen molar-refractivity contribution in [2.24, 2.45) is 5.92 Å². The van der Waals surface area contributed by atoms with E-state index in [-0.39, 0.29) is 23.0 Å². The summed E-state index contributed by atoms with van der Waals surface area (Å²) in [5, 5.41) is 8.82. The number of aliphatic hydroxyl groups excluding tert-OH is 1. The average molecular weight is 222 g/mol. The molecule has 0 amide bonds. The first-order valence-electron chi connectivity index (χ1n) is 5.15. The maximum Gasteiger partial charge on any atom is 0.152 e. The maximum absolute atomic E-state index is 11.5. The van der Waals surface area contributed by atoms with Crippen LogP contribution in [0.3, 0.4) is 0 Å². The number of aliphatic hydroxyl groups is 1. The Hall–Kier alpha value is -0.0900. The second-order valence-corrected chi connectivity index (χ2v) is 7.07. The van der Waals surface area contributed by atoms with E-state index in [1.54, 1.807) is 20.8 Å². The van der Waals surface area contributed by atoms with Crippen LogP contribution in [0.2, 0.25) is 0 Å². The second-order valence-electron chi connectivity index (χ2n) is 4.39. The number of sulfone groups is 1. The van der Waals surface area contributed by atoms with Crippen LogP contribution in [0.5, 0.6) is 0 Å². The summed E-state index contributed by atoms with van der Waals surface area (Å²) < 4.78 is 22.9. The van der Waals surface area contributed by atoms with Crippen LogP contribution in [0, 0.1) is 5.92 Å². The molecule has 0 radical (unpaired) electrons. The summed E-state index contributed by atoms with van der Waals surface area (Å²) in [6.45, 7) is 7.11. The third kappa shape index (κ3) is 5.60. The molecule has 0 aliphatic heterocycles. The lowest BCUT2D eigenvalue weighted by Crippen LogP contribution is -2.20. The monoisotopic (exact) mass is 222 g/mol. The molecule has 1 N–H and O–H groups in total. The molecule has 0 rings (SSSR count). The Labute approximate surface area is 87.4 Å². The van der Waals surface area contributed by atoms with Crippen molar-refractivity contribution in [2.45, 2.75) is 51.9 Å². The molecule has 86 valence electrons. The van der Waals surface area contributed by atoms with Gasteiger partial charge in [0.15, 0.2) is 9.84 Å². The molecule has 0 bridgehead atoms. The van der Waals surface area contributed by atoms with Crippen LogP contribution in [-0.2, 0) is 9.84 Å². The minimum Gasteiger partial charge on any atom is -0.393 e. The number of hydrogen-bond donors (Lipinski definition) is 1. The van der Waals surface area contributed by atoms with E-state index in [1.165, 1.54) is 0 Å². The van der Waals surface area contributed by atoms with Crippen LogP contribution in [0.15, 0.2) is 0 Å². The van der Waals surface area contributed by atoms with Crippen molar-refractivity contribution in [3.8, 4) is 0 Å². The highest BCUT2D eigenvalue weighted by molar-refractivity contribution is 7.91. The van der Waals surface area contributed by atoms with Gasteiger partial charge >= 0.3 is 0 Å². The van der Waals surface area contributed by atoms with Crippen molar-refractivity contribution in [2.75, 3.05) is 5.75 Å². The molecule has 4 heteroatoms. The molecule has 2 atom stereocenters. The van der Waals surface area contributed by atoms with E-state index in [2.05, 4.69) is 0 Å². The highest BCUT2D eigenvalue weighted by atomic mass is 32.2. The van der Waals surface area contributed by atoms with Gasteiger partial charge in [-0.1, -0.05) is 6.92 Å². The summed E-state index contributed by atoms with van der Waals surface area (Å²) in [6.07, 6.45) is 0.978. The lowest BCUT2D eigenvalue weighted by molar-refractivity contribution is 0.163. The van der Waals surface area contributed by atoms with E-state index in [1.807, 2.05) is 6.92 Å². The molecule has 0 saturated carbocycles. The number of rotatable bonds is 6. The standard InChI is InChI=1S/C10H22O3S/c1-8(2)14(12,13)6-5-9(3)7-10(4)11/h8-11H,5-7H2,1-4H3.